The largest absolute Gasteiger partial charge is 0.508 e. The highest BCUT2D eigenvalue weighted by molar-refractivity contribution is 5.32. The minimum Gasteiger partial charge on any atom is -0.508 e. The Morgan fingerprint density at radius 3 is 2.24 bits per heavy atom. The number of rotatable bonds is 4. The molecule has 2 heteroatoms. The number of aromatic hydroxyl groups is 1. The Labute approximate surface area is 101 Å². The van der Waals surface area contributed by atoms with Crippen molar-refractivity contribution in [1.82, 2.24) is 0 Å². The molecular formula is C15H16O2. The van der Waals surface area contributed by atoms with Gasteiger partial charge in [-0.15, -0.1) is 0 Å². The molecule has 0 amide bonds. The first-order valence-electron chi connectivity index (χ1n) is 5.77. The number of hydrogen-bond acceptors (Lipinski definition) is 2. The SMILES string of the molecule is Oc1ccccc1CC[C@@H](O)c1ccccc1. The number of aliphatic hydroxyl groups is 1. The number of phenolic OH excluding ortho intramolecular Hbond substituents is 1. The van der Waals surface area contributed by atoms with Crippen LogP contribution in [0.2, 0.25) is 0 Å². The molecule has 0 unspecified atom stereocenters. The number of hydrogen-bond donors (Lipinski definition) is 2. The van der Waals surface area contributed by atoms with Crippen molar-refractivity contribution in [2.24, 2.45) is 0 Å². The van der Waals surface area contributed by atoms with Crippen molar-refractivity contribution in [3.63, 3.8) is 0 Å². The predicted octanol–water partition coefficient (Wildman–Crippen LogP) is 3.06. The molecule has 0 aliphatic carbocycles. The van der Waals surface area contributed by atoms with E-state index in [1.807, 2.05) is 42.5 Å². The van der Waals surface area contributed by atoms with Crippen LogP contribution in [0.3, 0.4) is 0 Å². The molecule has 0 aromatic heterocycles. The first-order chi connectivity index (χ1) is 8.27. The van der Waals surface area contributed by atoms with Crippen molar-refractivity contribution in [2.75, 3.05) is 0 Å². The van der Waals surface area contributed by atoms with Gasteiger partial charge in [0.2, 0.25) is 0 Å². The number of para-hydroxylation sites is 1. The quantitative estimate of drug-likeness (QED) is 0.844. The molecule has 17 heavy (non-hydrogen) atoms. The van der Waals surface area contributed by atoms with E-state index in [0.717, 1.165) is 11.1 Å². The molecule has 0 aliphatic heterocycles. The van der Waals surface area contributed by atoms with Crippen molar-refractivity contribution in [3.8, 4) is 5.75 Å². The van der Waals surface area contributed by atoms with E-state index >= 15 is 0 Å². The van der Waals surface area contributed by atoms with Crippen LogP contribution in [0.15, 0.2) is 54.6 Å². The van der Waals surface area contributed by atoms with Gasteiger partial charge in [-0.1, -0.05) is 48.5 Å². The summed E-state index contributed by atoms with van der Waals surface area (Å²) >= 11 is 0. The highest BCUT2D eigenvalue weighted by Crippen LogP contribution is 2.22. The van der Waals surface area contributed by atoms with Gasteiger partial charge in [0.15, 0.2) is 0 Å². The number of benzene rings is 2. The van der Waals surface area contributed by atoms with Gasteiger partial charge in [-0.25, -0.2) is 0 Å². The van der Waals surface area contributed by atoms with Crippen molar-refractivity contribution >= 4 is 0 Å². The Morgan fingerprint density at radius 2 is 1.53 bits per heavy atom. The maximum Gasteiger partial charge on any atom is 0.118 e. The standard InChI is InChI=1S/C15H16O2/c16-14-9-5-4-8-13(14)10-11-15(17)12-6-2-1-3-7-12/h1-9,15-17H,10-11H2/t15-/m1/s1. The smallest absolute Gasteiger partial charge is 0.118 e. The summed E-state index contributed by atoms with van der Waals surface area (Å²) in [6, 6.07) is 16.8. The summed E-state index contributed by atoms with van der Waals surface area (Å²) in [5.41, 5.74) is 1.80. The number of aliphatic hydroxyl groups excluding tert-OH is 1. The van der Waals surface area contributed by atoms with Crippen molar-refractivity contribution in [3.05, 3.63) is 65.7 Å². The fourth-order valence-corrected chi connectivity index (χ4v) is 1.86. The van der Waals surface area contributed by atoms with Crippen molar-refractivity contribution in [2.45, 2.75) is 18.9 Å². The lowest BCUT2D eigenvalue weighted by Crippen LogP contribution is -1.99. The topological polar surface area (TPSA) is 40.5 Å². The molecule has 0 spiro atoms. The van der Waals surface area contributed by atoms with E-state index in [0.29, 0.717) is 18.6 Å². The lowest BCUT2D eigenvalue weighted by molar-refractivity contribution is 0.167. The molecular weight excluding hydrogens is 212 g/mol. The second-order valence-electron chi connectivity index (χ2n) is 4.09. The fraction of sp³-hybridized carbons (Fsp3) is 0.200. The molecule has 2 rings (SSSR count). The molecule has 0 heterocycles. The van der Waals surface area contributed by atoms with Crippen LogP contribution in [0.5, 0.6) is 5.75 Å². The zero-order valence-corrected chi connectivity index (χ0v) is 9.58. The molecule has 0 bridgehead atoms. The van der Waals surface area contributed by atoms with Crippen LogP contribution < -0.4 is 0 Å². The van der Waals surface area contributed by atoms with Gasteiger partial charge in [0.25, 0.3) is 0 Å². The second-order valence-corrected chi connectivity index (χ2v) is 4.09. The van der Waals surface area contributed by atoms with E-state index in [9.17, 15) is 10.2 Å². The van der Waals surface area contributed by atoms with Gasteiger partial charge in [0.05, 0.1) is 6.10 Å². The maximum absolute atomic E-state index is 9.99. The summed E-state index contributed by atoms with van der Waals surface area (Å²) in [6.45, 7) is 0. The van der Waals surface area contributed by atoms with Gasteiger partial charge in [0, 0.05) is 0 Å². The Kier molecular flexibility index (Phi) is 3.78. The number of phenols is 1. The molecule has 0 radical (unpaired) electrons. The summed E-state index contributed by atoms with van der Waals surface area (Å²) in [6.07, 6.45) is 0.806. The molecule has 1 atom stereocenters. The first-order valence-corrected chi connectivity index (χ1v) is 5.77. The molecule has 88 valence electrons. The summed E-state index contributed by atoms with van der Waals surface area (Å²) in [5.74, 6) is 0.299. The lowest BCUT2D eigenvalue weighted by Gasteiger charge is -2.11. The Bertz CT molecular complexity index is 465. The van der Waals surface area contributed by atoms with Gasteiger partial charge in [-0.05, 0) is 30.0 Å². The molecule has 2 N–H and O–H groups in total. The van der Waals surface area contributed by atoms with Crippen LogP contribution >= 0.6 is 0 Å². The van der Waals surface area contributed by atoms with Crippen molar-refractivity contribution in [1.29, 1.82) is 0 Å². The number of aryl methyl sites for hydroxylation is 1. The summed E-state index contributed by atoms with van der Waals surface area (Å²) in [7, 11) is 0. The third kappa shape index (κ3) is 3.08. The van der Waals surface area contributed by atoms with Crippen LogP contribution in [0, 0.1) is 0 Å². The normalized spacial score (nSPS) is 12.3. The third-order valence-electron chi connectivity index (χ3n) is 2.86. The molecule has 0 saturated carbocycles. The molecule has 2 nitrogen and oxygen atoms in total. The highest BCUT2D eigenvalue weighted by atomic mass is 16.3. The summed E-state index contributed by atoms with van der Waals surface area (Å²) in [4.78, 5) is 0. The van der Waals surface area contributed by atoms with Gasteiger partial charge in [0.1, 0.15) is 5.75 Å². The van der Waals surface area contributed by atoms with E-state index in [-0.39, 0.29) is 0 Å². The average Bonchev–Trinajstić information content (AvgIpc) is 2.38. The van der Waals surface area contributed by atoms with Crippen molar-refractivity contribution < 1.29 is 10.2 Å². The van der Waals surface area contributed by atoms with E-state index < -0.39 is 6.10 Å². The van der Waals surface area contributed by atoms with Gasteiger partial charge in [-0.2, -0.15) is 0 Å². The fourth-order valence-electron chi connectivity index (χ4n) is 1.86. The lowest BCUT2D eigenvalue weighted by atomic mass is 10.0. The Hall–Kier alpha value is -1.80. The minimum atomic E-state index is -0.476. The summed E-state index contributed by atoms with van der Waals surface area (Å²) in [5, 5.41) is 19.6. The van der Waals surface area contributed by atoms with Crippen LogP contribution in [0.1, 0.15) is 23.7 Å². The molecule has 2 aromatic carbocycles. The van der Waals surface area contributed by atoms with Crippen LogP contribution in [-0.2, 0) is 6.42 Å². The second kappa shape index (κ2) is 5.51. The highest BCUT2D eigenvalue weighted by Gasteiger charge is 2.08. The third-order valence-corrected chi connectivity index (χ3v) is 2.86. The zero-order valence-electron chi connectivity index (χ0n) is 9.58. The van der Waals surface area contributed by atoms with Gasteiger partial charge >= 0.3 is 0 Å². The van der Waals surface area contributed by atoms with E-state index in [2.05, 4.69) is 0 Å². The van der Waals surface area contributed by atoms with Crippen LogP contribution in [0.25, 0.3) is 0 Å². The van der Waals surface area contributed by atoms with E-state index in [1.54, 1.807) is 12.1 Å². The predicted molar refractivity (Wildman–Crippen MR) is 67.8 cm³/mol. The van der Waals surface area contributed by atoms with E-state index in [4.69, 9.17) is 0 Å². The Balaban J connectivity index is 1.97. The van der Waals surface area contributed by atoms with E-state index in [1.165, 1.54) is 0 Å². The summed E-state index contributed by atoms with van der Waals surface area (Å²) < 4.78 is 0. The van der Waals surface area contributed by atoms with Crippen LogP contribution in [-0.4, -0.2) is 10.2 Å². The first kappa shape index (κ1) is 11.7. The van der Waals surface area contributed by atoms with Crippen LogP contribution in [0.4, 0.5) is 0 Å². The molecule has 0 fully saturated rings. The van der Waals surface area contributed by atoms with Gasteiger partial charge in [-0.3, -0.25) is 0 Å². The molecule has 0 saturated heterocycles. The van der Waals surface area contributed by atoms with Gasteiger partial charge < -0.3 is 10.2 Å². The zero-order chi connectivity index (χ0) is 12.1. The molecule has 2 aromatic rings. The monoisotopic (exact) mass is 228 g/mol. The minimum absolute atomic E-state index is 0.299. The average molecular weight is 228 g/mol. The molecule has 0 aliphatic rings. The maximum atomic E-state index is 9.99. The Morgan fingerprint density at radius 1 is 0.882 bits per heavy atom.